The van der Waals surface area contributed by atoms with Crippen LogP contribution in [0.15, 0.2) is 4.52 Å². The minimum absolute atomic E-state index is 0.0556. The van der Waals surface area contributed by atoms with Crippen molar-refractivity contribution in [3.8, 4) is 0 Å². The van der Waals surface area contributed by atoms with Crippen molar-refractivity contribution in [3.63, 3.8) is 0 Å². The smallest absolute Gasteiger partial charge is 0.240 e. The van der Waals surface area contributed by atoms with Gasteiger partial charge in [0.1, 0.15) is 0 Å². The molecular weight excluding hydrogens is 218 g/mol. The third kappa shape index (κ3) is 3.51. The lowest BCUT2D eigenvalue weighted by Gasteiger charge is -2.17. The normalized spacial score (nSPS) is 19.4. The number of hydrogen-bond acceptors (Lipinski definition) is 5. The summed E-state index contributed by atoms with van der Waals surface area (Å²) in [5.74, 6) is 1.96. The van der Waals surface area contributed by atoms with E-state index in [9.17, 15) is 0 Å². The van der Waals surface area contributed by atoms with Crippen molar-refractivity contribution in [2.75, 3.05) is 6.61 Å². The van der Waals surface area contributed by atoms with Gasteiger partial charge in [0.2, 0.25) is 5.89 Å². The zero-order valence-electron chi connectivity index (χ0n) is 10.4. The number of aromatic nitrogens is 2. The number of aliphatic hydroxyl groups excluding tert-OH is 1. The van der Waals surface area contributed by atoms with E-state index in [1.807, 2.05) is 6.92 Å². The number of nitrogens with one attached hydrogen (secondary N) is 1. The van der Waals surface area contributed by atoms with E-state index < -0.39 is 0 Å². The van der Waals surface area contributed by atoms with Gasteiger partial charge >= 0.3 is 0 Å². The Kier molecular flexibility index (Phi) is 4.50. The fourth-order valence-electron chi connectivity index (χ4n) is 2.19. The summed E-state index contributed by atoms with van der Waals surface area (Å²) in [6.07, 6.45) is 6.23. The Morgan fingerprint density at radius 1 is 1.41 bits per heavy atom. The Bertz CT molecular complexity index is 334. The van der Waals surface area contributed by atoms with Crippen LogP contribution in [0.25, 0.3) is 0 Å². The fourth-order valence-corrected chi connectivity index (χ4v) is 2.19. The Balaban J connectivity index is 1.86. The summed E-state index contributed by atoms with van der Waals surface area (Å²) < 4.78 is 5.21. The van der Waals surface area contributed by atoms with E-state index in [1.54, 1.807) is 0 Å². The molecule has 0 aliphatic heterocycles. The van der Waals surface area contributed by atoms with Gasteiger partial charge in [0.05, 0.1) is 13.2 Å². The lowest BCUT2D eigenvalue weighted by molar-refractivity contribution is 0.245. The quantitative estimate of drug-likeness (QED) is 0.816. The molecule has 0 amide bonds. The van der Waals surface area contributed by atoms with Crippen molar-refractivity contribution in [3.05, 3.63) is 11.7 Å². The third-order valence-electron chi connectivity index (χ3n) is 3.33. The minimum atomic E-state index is 0.0556. The topological polar surface area (TPSA) is 71.2 Å². The van der Waals surface area contributed by atoms with Gasteiger partial charge in [0, 0.05) is 12.0 Å². The highest BCUT2D eigenvalue weighted by atomic mass is 16.5. The van der Waals surface area contributed by atoms with Gasteiger partial charge < -0.3 is 14.9 Å². The molecular formula is C12H21N3O2. The predicted molar refractivity (Wildman–Crippen MR) is 63.5 cm³/mol. The summed E-state index contributed by atoms with van der Waals surface area (Å²) in [6.45, 7) is 2.56. The molecule has 2 N–H and O–H groups in total. The molecule has 5 nitrogen and oxygen atoms in total. The molecule has 96 valence electrons. The van der Waals surface area contributed by atoms with Crippen LogP contribution in [0.5, 0.6) is 0 Å². The average molecular weight is 239 g/mol. The molecule has 0 bridgehead atoms. The Morgan fingerprint density at radius 3 is 2.88 bits per heavy atom. The number of hydrogen-bond donors (Lipinski definition) is 2. The van der Waals surface area contributed by atoms with Crippen molar-refractivity contribution >= 4 is 0 Å². The van der Waals surface area contributed by atoms with Gasteiger partial charge in [-0.1, -0.05) is 24.4 Å². The van der Waals surface area contributed by atoms with E-state index >= 15 is 0 Å². The molecule has 0 unspecified atom stereocenters. The van der Waals surface area contributed by atoms with Gasteiger partial charge in [-0.25, -0.2) is 0 Å². The first-order valence-corrected chi connectivity index (χ1v) is 6.46. The van der Waals surface area contributed by atoms with Gasteiger partial charge in [0.15, 0.2) is 5.82 Å². The summed E-state index contributed by atoms with van der Waals surface area (Å²) in [4.78, 5) is 4.42. The number of aliphatic hydroxyl groups is 1. The first-order chi connectivity index (χ1) is 8.29. The SMILES string of the molecule is C[C@H](CO)NCc1nc(C2CCCCC2)no1. The lowest BCUT2D eigenvalue weighted by Crippen LogP contribution is -2.28. The van der Waals surface area contributed by atoms with Crippen molar-refractivity contribution < 1.29 is 9.63 Å². The van der Waals surface area contributed by atoms with Crippen molar-refractivity contribution in [2.24, 2.45) is 0 Å². The third-order valence-corrected chi connectivity index (χ3v) is 3.33. The summed E-state index contributed by atoms with van der Waals surface area (Å²) >= 11 is 0. The molecule has 1 heterocycles. The maximum Gasteiger partial charge on any atom is 0.240 e. The minimum Gasteiger partial charge on any atom is -0.395 e. The predicted octanol–water partition coefficient (Wildman–Crippen LogP) is 1.59. The Hall–Kier alpha value is -0.940. The molecule has 0 spiro atoms. The van der Waals surface area contributed by atoms with Gasteiger partial charge in [-0.2, -0.15) is 4.98 Å². The molecule has 1 fully saturated rings. The zero-order valence-corrected chi connectivity index (χ0v) is 10.4. The van der Waals surface area contributed by atoms with E-state index in [2.05, 4.69) is 15.5 Å². The van der Waals surface area contributed by atoms with E-state index in [-0.39, 0.29) is 12.6 Å². The van der Waals surface area contributed by atoms with E-state index in [1.165, 1.54) is 32.1 Å². The molecule has 1 aliphatic carbocycles. The van der Waals surface area contributed by atoms with Gasteiger partial charge in [-0.3, -0.25) is 0 Å². The molecule has 0 aromatic carbocycles. The monoisotopic (exact) mass is 239 g/mol. The van der Waals surface area contributed by atoms with Crippen molar-refractivity contribution in [1.82, 2.24) is 15.5 Å². The maximum absolute atomic E-state index is 8.89. The summed E-state index contributed by atoms with van der Waals surface area (Å²) in [7, 11) is 0. The van der Waals surface area contributed by atoms with Crippen LogP contribution in [0.1, 0.15) is 56.7 Å². The first-order valence-electron chi connectivity index (χ1n) is 6.46. The second kappa shape index (κ2) is 6.12. The molecule has 1 aromatic rings. The molecule has 5 heteroatoms. The van der Waals surface area contributed by atoms with Crippen LogP contribution in [-0.2, 0) is 6.54 Å². The van der Waals surface area contributed by atoms with Gasteiger partial charge in [-0.15, -0.1) is 0 Å². The van der Waals surface area contributed by atoms with Crippen LogP contribution >= 0.6 is 0 Å². The molecule has 1 atom stereocenters. The summed E-state index contributed by atoms with van der Waals surface area (Å²) in [6, 6.07) is 0.0556. The highest BCUT2D eigenvalue weighted by Gasteiger charge is 2.20. The second-order valence-corrected chi connectivity index (χ2v) is 4.85. The van der Waals surface area contributed by atoms with Crippen LogP contribution in [0, 0.1) is 0 Å². The van der Waals surface area contributed by atoms with Crippen molar-refractivity contribution in [2.45, 2.75) is 57.5 Å². The van der Waals surface area contributed by atoms with Gasteiger partial charge in [0.25, 0.3) is 0 Å². The number of nitrogens with zero attached hydrogens (tertiary/aromatic N) is 2. The fraction of sp³-hybridized carbons (Fsp3) is 0.833. The van der Waals surface area contributed by atoms with E-state index in [4.69, 9.17) is 9.63 Å². The van der Waals surface area contributed by atoms with Crippen LogP contribution < -0.4 is 5.32 Å². The molecule has 0 radical (unpaired) electrons. The molecule has 2 rings (SSSR count). The zero-order chi connectivity index (χ0) is 12.1. The van der Waals surface area contributed by atoms with Crippen LogP contribution in [0.4, 0.5) is 0 Å². The largest absolute Gasteiger partial charge is 0.395 e. The molecule has 17 heavy (non-hydrogen) atoms. The number of rotatable bonds is 5. The Morgan fingerprint density at radius 2 is 2.18 bits per heavy atom. The molecule has 1 saturated carbocycles. The molecule has 1 aliphatic rings. The first kappa shape index (κ1) is 12.5. The maximum atomic E-state index is 8.89. The van der Waals surface area contributed by atoms with Crippen LogP contribution in [0.3, 0.4) is 0 Å². The average Bonchev–Trinajstić information content (AvgIpc) is 2.86. The van der Waals surface area contributed by atoms with E-state index in [0.717, 1.165) is 5.82 Å². The highest BCUT2D eigenvalue weighted by Crippen LogP contribution is 2.30. The Labute approximate surface area is 102 Å². The summed E-state index contributed by atoms with van der Waals surface area (Å²) in [5.41, 5.74) is 0. The molecule has 1 aromatic heterocycles. The van der Waals surface area contributed by atoms with E-state index in [0.29, 0.717) is 18.4 Å². The van der Waals surface area contributed by atoms with Crippen LogP contribution in [-0.4, -0.2) is 27.9 Å². The highest BCUT2D eigenvalue weighted by molar-refractivity contribution is 4.96. The van der Waals surface area contributed by atoms with Gasteiger partial charge in [-0.05, 0) is 19.8 Å². The molecule has 0 saturated heterocycles. The van der Waals surface area contributed by atoms with Crippen molar-refractivity contribution in [1.29, 1.82) is 0 Å². The summed E-state index contributed by atoms with van der Waals surface area (Å²) in [5, 5.41) is 16.1. The van der Waals surface area contributed by atoms with Crippen LogP contribution in [0.2, 0.25) is 0 Å². The second-order valence-electron chi connectivity index (χ2n) is 4.85. The lowest BCUT2D eigenvalue weighted by atomic mass is 9.89. The standard InChI is InChI=1S/C12H21N3O2/c1-9(8-16)13-7-11-14-12(15-17-11)10-5-3-2-4-6-10/h9-10,13,16H,2-8H2,1H3/t9-/m1/s1.